The summed E-state index contributed by atoms with van der Waals surface area (Å²) in [6.45, 7) is 5.50. The van der Waals surface area contributed by atoms with Crippen molar-refractivity contribution in [3.05, 3.63) is 0 Å². The fourth-order valence-electron chi connectivity index (χ4n) is 1.65. The van der Waals surface area contributed by atoms with Crippen LogP contribution in [0.25, 0.3) is 0 Å². The van der Waals surface area contributed by atoms with E-state index in [1.807, 2.05) is 6.92 Å². The molecule has 0 aliphatic heterocycles. The number of sulfonamides is 1. The average molecular weight is 234 g/mol. The predicted molar refractivity (Wildman–Crippen MR) is 62.3 cm³/mol. The maximum Gasteiger partial charge on any atom is 0.217 e. The quantitative estimate of drug-likeness (QED) is 0.704. The van der Waals surface area contributed by atoms with Crippen molar-refractivity contribution >= 4 is 10.0 Å². The molecule has 0 aromatic heterocycles. The van der Waals surface area contributed by atoms with E-state index in [1.54, 1.807) is 18.3 Å². The lowest BCUT2D eigenvalue weighted by atomic mass is 10.4. The number of rotatable bonds is 7. The first-order valence-electron chi connectivity index (χ1n) is 5.66. The molecule has 1 atom stereocenters. The van der Waals surface area contributed by atoms with E-state index < -0.39 is 10.0 Å². The Morgan fingerprint density at radius 2 is 2.07 bits per heavy atom. The molecule has 1 fully saturated rings. The van der Waals surface area contributed by atoms with Gasteiger partial charge in [0.15, 0.2) is 0 Å². The molecular weight excluding hydrogens is 212 g/mol. The minimum Gasteiger partial charge on any atom is -0.318 e. The predicted octanol–water partition coefficient (Wildman–Crippen LogP) is 0.656. The summed E-state index contributed by atoms with van der Waals surface area (Å²) in [6, 6.07) is 0. The molecule has 0 heterocycles. The molecule has 1 saturated carbocycles. The summed E-state index contributed by atoms with van der Waals surface area (Å²) >= 11 is 0. The van der Waals surface area contributed by atoms with Gasteiger partial charge in [0.05, 0.1) is 5.25 Å². The Morgan fingerprint density at radius 3 is 2.47 bits per heavy atom. The van der Waals surface area contributed by atoms with Crippen molar-refractivity contribution < 1.29 is 8.42 Å². The maximum absolute atomic E-state index is 12.1. The van der Waals surface area contributed by atoms with Gasteiger partial charge in [-0.15, -0.1) is 0 Å². The second-order valence-corrected chi connectivity index (χ2v) is 6.66. The SMILES string of the molecule is CCN(CC1CC1)S(=O)(=O)C(C)CNC. The lowest BCUT2D eigenvalue weighted by Crippen LogP contribution is -2.42. The normalized spacial score (nSPS) is 19.5. The molecule has 0 aromatic rings. The van der Waals surface area contributed by atoms with Crippen LogP contribution in [0.5, 0.6) is 0 Å². The molecule has 1 aliphatic carbocycles. The first-order valence-corrected chi connectivity index (χ1v) is 7.16. The number of nitrogens with one attached hydrogen (secondary N) is 1. The Labute approximate surface area is 93.1 Å². The topological polar surface area (TPSA) is 49.4 Å². The lowest BCUT2D eigenvalue weighted by molar-refractivity contribution is 0.404. The van der Waals surface area contributed by atoms with Gasteiger partial charge < -0.3 is 5.32 Å². The van der Waals surface area contributed by atoms with Crippen molar-refractivity contribution in [2.75, 3.05) is 26.7 Å². The van der Waals surface area contributed by atoms with Crippen LogP contribution in [0.2, 0.25) is 0 Å². The maximum atomic E-state index is 12.1. The number of hydrogen-bond donors (Lipinski definition) is 1. The molecule has 0 bridgehead atoms. The van der Waals surface area contributed by atoms with Gasteiger partial charge in [-0.05, 0) is 32.7 Å². The van der Waals surface area contributed by atoms with Gasteiger partial charge in [-0.1, -0.05) is 6.92 Å². The van der Waals surface area contributed by atoms with Gasteiger partial charge in [-0.25, -0.2) is 12.7 Å². The van der Waals surface area contributed by atoms with Crippen LogP contribution in [0.15, 0.2) is 0 Å². The molecule has 0 spiro atoms. The van der Waals surface area contributed by atoms with Crippen LogP contribution in [0.1, 0.15) is 26.7 Å². The van der Waals surface area contributed by atoms with E-state index in [2.05, 4.69) is 5.32 Å². The third-order valence-corrected chi connectivity index (χ3v) is 5.18. The number of nitrogens with zero attached hydrogens (tertiary/aromatic N) is 1. The van der Waals surface area contributed by atoms with Crippen LogP contribution >= 0.6 is 0 Å². The van der Waals surface area contributed by atoms with Gasteiger partial charge >= 0.3 is 0 Å². The third-order valence-electron chi connectivity index (χ3n) is 2.87. The zero-order valence-electron chi connectivity index (χ0n) is 9.86. The Bertz CT molecular complexity index is 286. The van der Waals surface area contributed by atoms with Gasteiger partial charge in [0.1, 0.15) is 0 Å². The zero-order chi connectivity index (χ0) is 11.5. The Hall–Kier alpha value is -0.130. The Kier molecular flexibility index (Phi) is 4.55. The standard InChI is InChI=1S/C10H22N2O2S/c1-4-12(8-10-5-6-10)15(13,14)9(2)7-11-3/h9-11H,4-8H2,1-3H3. The summed E-state index contributed by atoms with van der Waals surface area (Å²) < 4.78 is 25.8. The fourth-order valence-corrected chi connectivity index (χ4v) is 3.31. The van der Waals surface area contributed by atoms with E-state index in [4.69, 9.17) is 0 Å². The van der Waals surface area contributed by atoms with Crippen LogP contribution < -0.4 is 5.32 Å². The largest absolute Gasteiger partial charge is 0.318 e. The van der Waals surface area contributed by atoms with Crippen LogP contribution in [0.3, 0.4) is 0 Å². The van der Waals surface area contributed by atoms with Gasteiger partial charge in [0.2, 0.25) is 10.0 Å². The molecule has 15 heavy (non-hydrogen) atoms. The third kappa shape index (κ3) is 3.43. The van der Waals surface area contributed by atoms with Crippen LogP contribution in [-0.4, -0.2) is 44.7 Å². The molecule has 5 heteroatoms. The minimum atomic E-state index is -3.10. The zero-order valence-corrected chi connectivity index (χ0v) is 10.7. The average Bonchev–Trinajstić information content (AvgIpc) is 2.97. The second kappa shape index (κ2) is 5.27. The molecule has 1 N–H and O–H groups in total. The molecule has 0 amide bonds. The van der Waals surface area contributed by atoms with E-state index in [9.17, 15) is 8.42 Å². The van der Waals surface area contributed by atoms with Crippen molar-refractivity contribution in [3.8, 4) is 0 Å². The summed E-state index contributed by atoms with van der Waals surface area (Å²) in [6.07, 6.45) is 2.37. The van der Waals surface area contributed by atoms with Gasteiger partial charge in [-0.3, -0.25) is 0 Å². The Balaban J connectivity index is 2.62. The highest BCUT2D eigenvalue weighted by Crippen LogP contribution is 2.30. The molecule has 1 rings (SSSR count). The lowest BCUT2D eigenvalue weighted by Gasteiger charge is -2.24. The van der Waals surface area contributed by atoms with E-state index in [0.29, 0.717) is 25.6 Å². The smallest absolute Gasteiger partial charge is 0.217 e. The highest BCUT2D eigenvalue weighted by molar-refractivity contribution is 7.89. The van der Waals surface area contributed by atoms with Crippen LogP contribution in [-0.2, 0) is 10.0 Å². The highest BCUT2D eigenvalue weighted by atomic mass is 32.2. The van der Waals surface area contributed by atoms with E-state index >= 15 is 0 Å². The monoisotopic (exact) mass is 234 g/mol. The molecule has 1 unspecified atom stereocenters. The van der Waals surface area contributed by atoms with Crippen molar-refractivity contribution in [1.82, 2.24) is 9.62 Å². The van der Waals surface area contributed by atoms with Crippen molar-refractivity contribution in [1.29, 1.82) is 0 Å². The van der Waals surface area contributed by atoms with Crippen LogP contribution in [0, 0.1) is 5.92 Å². The first-order chi connectivity index (χ1) is 7.02. The summed E-state index contributed by atoms with van der Waals surface area (Å²) in [7, 11) is -1.32. The summed E-state index contributed by atoms with van der Waals surface area (Å²) in [5.41, 5.74) is 0. The summed E-state index contributed by atoms with van der Waals surface area (Å²) in [5.74, 6) is 0.613. The van der Waals surface area contributed by atoms with Gasteiger partial charge in [0.25, 0.3) is 0 Å². The fraction of sp³-hybridized carbons (Fsp3) is 1.00. The molecular formula is C10H22N2O2S. The second-order valence-electron chi connectivity index (χ2n) is 4.31. The van der Waals surface area contributed by atoms with E-state index in [0.717, 1.165) is 0 Å². The van der Waals surface area contributed by atoms with Crippen molar-refractivity contribution in [3.63, 3.8) is 0 Å². The first kappa shape index (κ1) is 12.9. The number of hydrogen-bond acceptors (Lipinski definition) is 3. The minimum absolute atomic E-state index is 0.332. The van der Waals surface area contributed by atoms with E-state index in [1.165, 1.54) is 12.8 Å². The van der Waals surface area contributed by atoms with E-state index in [-0.39, 0.29) is 5.25 Å². The molecule has 1 aliphatic rings. The summed E-state index contributed by atoms with van der Waals surface area (Å²) in [4.78, 5) is 0. The molecule has 90 valence electrons. The Morgan fingerprint density at radius 1 is 1.47 bits per heavy atom. The van der Waals surface area contributed by atoms with Gasteiger partial charge in [-0.2, -0.15) is 0 Å². The molecule has 0 aromatic carbocycles. The molecule has 0 saturated heterocycles. The summed E-state index contributed by atoms with van der Waals surface area (Å²) in [5, 5.41) is 2.58. The van der Waals surface area contributed by atoms with Gasteiger partial charge in [0, 0.05) is 19.6 Å². The van der Waals surface area contributed by atoms with Crippen molar-refractivity contribution in [2.45, 2.75) is 31.9 Å². The van der Waals surface area contributed by atoms with Crippen molar-refractivity contribution in [2.24, 2.45) is 5.92 Å². The highest BCUT2D eigenvalue weighted by Gasteiger charge is 2.32. The molecule has 0 radical (unpaired) electrons. The molecule has 4 nitrogen and oxygen atoms in total. The van der Waals surface area contributed by atoms with Crippen LogP contribution in [0.4, 0.5) is 0 Å².